The fourth-order valence-corrected chi connectivity index (χ4v) is 3.38. The van der Waals surface area contributed by atoms with E-state index in [9.17, 15) is 4.39 Å². The molecule has 3 heterocycles. The molecule has 140 valence electrons. The summed E-state index contributed by atoms with van der Waals surface area (Å²) in [7, 11) is 0. The average molecular weight is 397 g/mol. The van der Waals surface area contributed by atoms with Crippen molar-refractivity contribution in [3.05, 3.63) is 77.0 Å². The van der Waals surface area contributed by atoms with Crippen LogP contribution in [0.5, 0.6) is 0 Å². The molecule has 0 amide bonds. The molecule has 28 heavy (non-hydrogen) atoms. The van der Waals surface area contributed by atoms with Crippen molar-refractivity contribution >= 4 is 11.6 Å². The number of hydrogen-bond donors (Lipinski definition) is 0. The van der Waals surface area contributed by atoms with E-state index in [2.05, 4.69) is 15.1 Å². The van der Waals surface area contributed by atoms with Gasteiger partial charge in [0.25, 0.3) is 5.89 Å². The Bertz CT molecular complexity index is 1140. The molecule has 0 saturated heterocycles. The molecule has 8 heteroatoms. The first-order valence-corrected chi connectivity index (χ1v) is 9.06. The summed E-state index contributed by atoms with van der Waals surface area (Å²) >= 11 is 5.92. The zero-order valence-corrected chi connectivity index (χ0v) is 15.3. The Morgan fingerprint density at radius 1 is 1.14 bits per heavy atom. The molecular weight excluding hydrogens is 383 g/mol. The van der Waals surface area contributed by atoms with Crippen molar-refractivity contribution in [2.45, 2.75) is 19.3 Å². The van der Waals surface area contributed by atoms with Gasteiger partial charge in [0.05, 0.1) is 25.2 Å². The van der Waals surface area contributed by atoms with Crippen LogP contribution in [0.15, 0.2) is 59.4 Å². The predicted molar refractivity (Wildman–Crippen MR) is 99.9 cm³/mol. The van der Waals surface area contributed by atoms with Gasteiger partial charge in [-0.2, -0.15) is 4.98 Å². The van der Waals surface area contributed by atoms with Crippen LogP contribution in [-0.4, -0.2) is 19.7 Å². The van der Waals surface area contributed by atoms with Crippen LogP contribution in [0.25, 0.3) is 23.0 Å². The standard InChI is InChI=1S/C20H14ClFN4O2/c21-14-6-4-12(5-7-14)19-24-20(28-25-19)18-16-10-27-17(9-26(16)11-23-18)13-2-1-3-15(22)8-13/h1-8,11,17H,9-10H2/t17-/m1/s1. The number of halogens is 2. The minimum Gasteiger partial charge on any atom is -0.365 e. The molecule has 0 spiro atoms. The van der Waals surface area contributed by atoms with Gasteiger partial charge in [-0.15, -0.1) is 0 Å². The summed E-state index contributed by atoms with van der Waals surface area (Å²) in [5.41, 5.74) is 3.03. The van der Waals surface area contributed by atoms with Crippen molar-refractivity contribution in [2.24, 2.45) is 0 Å². The van der Waals surface area contributed by atoms with E-state index in [1.165, 1.54) is 12.1 Å². The summed E-state index contributed by atoms with van der Waals surface area (Å²) in [5, 5.41) is 4.67. The number of aromatic nitrogens is 4. The Kier molecular flexibility index (Phi) is 4.18. The van der Waals surface area contributed by atoms with Crippen LogP contribution in [0, 0.1) is 5.82 Å². The van der Waals surface area contributed by atoms with E-state index in [1.54, 1.807) is 24.5 Å². The highest BCUT2D eigenvalue weighted by molar-refractivity contribution is 6.30. The number of fused-ring (bicyclic) bond motifs is 1. The van der Waals surface area contributed by atoms with Gasteiger partial charge in [0.2, 0.25) is 5.82 Å². The fourth-order valence-electron chi connectivity index (χ4n) is 3.25. The molecule has 2 aromatic heterocycles. The number of rotatable bonds is 3. The second kappa shape index (κ2) is 6.85. The summed E-state index contributed by atoms with van der Waals surface area (Å²) in [6.45, 7) is 0.846. The lowest BCUT2D eigenvalue weighted by Crippen LogP contribution is -2.20. The summed E-state index contributed by atoms with van der Waals surface area (Å²) < 4.78 is 26.8. The normalized spacial score (nSPS) is 16.1. The van der Waals surface area contributed by atoms with Crippen LogP contribution >= 0.6 is 11.6 Å². The van der Waals surface area contributed by atoms with E-state index in [0.29, 0.717) is 35.6 Å². The van der Waals surface area contributed by atoms with Crippen LogP contribution in [0.4, 0.5) is 4.39 Å². The van der Waals surface area contributed by atoms with Gasteiger partial charge in [0.1, 0.15) is 11.9 Å². The third-order valence-electron chi connectivity index (χ3n) is 4.68. The third kappa shape index (κ3) is 3.08. The Morgan fingerprint density at radius 3 is 2.82 bits per heavy atom. The molecule has 0 saturated carbocycles. The van der Waals surface area contributed by atoms with Gasteiger partial charge in [-0.05, 0) is 42.0 Å². The molecule has 1 aliphatic rings. The van der Waals surface area contributed by atoms with Gasteiger partial charge in [-0.3, -0.25) is 0 Å². The summed E-state index contributed by atoms with van der Waals surface area (Å²) in [4.78, 5) is 8.87. The lowest BCUT2D eigenvalue weighted by atomic mass is 10.1. The molecule has 0 aliphatic carbocycles. The zero-order valence-electron chi connectivity index (χ0n) is 14.5. The summed E-state index contributed by atoms with van der Waals surface area (Å²) in [6, 6.07) is 13.6. The molecule has 0 fully saturated rings. The van der Waals surface area contributed by atoms with Crippen LogP contribution in [0.3, 0.4) is 0 Å². The fraction of sp³-hybridized carbons (Fsp3) is 0.150. The second-order valence-corrected chi connectivity index (χ2v) is 6.91. The van der Waals surface area contributed by atoms with Gasteiger partial charge < -0.3 is 13.8 Å². The molecule has 2 aromatic carbocycles. The minimum atomic E-state index is -0.279. The monoisotopic (exact) mass is 396 g/mol. The first-order chi connectivity index (χ1) is 13.7. The van der Waals surface area contributed by atoms with Gasteiger partial charge >= 0.3 is 0 Å². The zero-order chi connectivity index (χ0) is 19.1. The SMILES string of the molecule is Fc1cccc([C@H]2Cn3cnc(-c4nc(-c5ccc(Cl)cc5)no4)c3CO2)c1. The van der Waals surface area contributed by atoms with Crippen molar-refractivity contribution < 1.29 is 13.7 Å². The molecule has 4 aromatic rings. The minimum absolute atomic E-state index is 0.238. The number of nitrogens with zero attached hydrogens (tertiary/aromatic N) is 4. The van der Waals surface area contributed by atoms with Crippen molar-refractivity contribution in [1.29, 1.82) is 0 Å². The number of hydrogen-bond acceptors (Lipinski definition) is 5. The van der Waals surface area contributed by atoms with Crippen LogP contribution in [0.1, 0.15) is 17.4 Å². The lowest BCUT2D eigenvalue weighted by molar-refractivity contribution is 0.00314. The van der Waals surface area contributed by atoms with Crippen molar-refractivity contribution in [3.63, 3.8) is 0 Å². The molecule has 1 atom stereocenters. The Labute approximate surface area is 164 Å². The average Bonchev–Trinajstić information content (AvgIpc) is 3.35. The van der Waals surface area contributed by atoms with Crippen molar-refractivity contribution in [3.8, 4) is 23.0 Å². The molecule has 6 nitrogen and oxygen atoms in total. The molecule has 0 unspecified atom stereocenters. The van der Waals surface area contributed by atoms with Crippen LogP contribution in [-0.2, 0) is 17.9 Å². The highest BCUT2D eigenvalue weighted by Gasteiger charge is 2.26. The molecule has 1 aliphatic heterocycles. The van der Waals surface area contributed by atoms with E-state index >= 15 is 0 Å². The Morgan fingerprint density at radius 2 is 2.00 bits per heavy atom. The molecular formula is C20H14ClFN4O2. The first-order valence-electron chi connectivity index (χ1n) is 8.68. The van der Waals surface area contributed by atoms with E-state index in [4.69, 9.17) is 20.9 Å². The maximum atomic E-state index is 13.5. The van der Waals surface area contributed by atoms with E-state index < -0.39 is 0 Å². The highest BCUT2D eigenvalue weighted by atomic mass is 35.5. The maximum Gasteiger partial charge on any atom is 0.278 e. The van der Waals surface area contributed by atoms with Crippen LogP contribution in [0.2, 0.25) is 5.02 Å². The predicted octanol–water partition coefficient (Wildman–Crippen LogP) is 4.66. The van der Waals surface area contributed by atoms with E-state index in [1.807, 2.05) is 22.8 Å². The third-order valence-corrected chi connectivity index (χ3v) is 4.93. The van der Waals surface area contributed by atoms with E-state index in [-0.39, 0.29) is 11.9 Å². The van der Waals surface area contributed by atoms with Gasteiger partial charge in [-0.1, -0.05) is 28.9 Å². The highest BCUT2D eigenvalue weighted by Crippen LogP contribution is 2.32. The number of imidazole rings is 1. The smallest absolute Gasteiger partial charge is 0.278 e. The Hall–Kier alpha value is -3.03. The van der Waals surface area contributed by atoms with Crippen molar-refractivity contribution in [1.82, 2.24) is 19.7 Å². The van der Waals surface area contributed by atoms with E-state index in [0.717, 1.165) is 16.8 Å². The Balaban J connectivity index is 1.42. The largest absolute Gasteiger partial charge is 0.365 e. The number of benzene rings is 2. The first kappa shape index (κ1) is 17.1. The number of ether oxygens (including phenoxy) is 1. The van der Waals surface area contributed by atoms with Gasteiger partial charge in [-0.25, -0.2) is 9.37 Å². The molecule has 0 bridgehead atoms. The quantitative estimate of drug-likeness (QED) is 0.503. The molecule has 0 radical (unpaired) electrons. The molecule has 5 rings (SSSR count). The molecule has 0 N–H and O–H groups in total. The topological polar surface area (TPSA) is 66.0 Å². The van der Waals surface area contributed by atoms with Crippen LogP contribution < -0.4 is 0 Å². The second-order valence-electron chi connectivity index (χ2n) is 6.48. The summed E-state index contributed by atoms with van der Waals surface area (Å²) in [5.74, 6) is 0.507. The van der Waals surface area contributed by atoms with Gasteiger partial charge in [0.15, 0.2) is 5.69 Å². The van der Waals surface area contributed by atoms with Crippen molar-refractivity contribution in [2.75, 3.05) is 0 Å². The van der Waals surface area contributed by atoms with Gasteiger partial charge in [0, 0.05) is 10.6 Å². The lowest BCUT2D eigenvalue weighted by Gasteiger charge is -2.25. The summed E-state index contributed by atoms with van der Waals surface area (Å²) in [6.07, 6.45) is 1.48. The maximum absolute atomic E-state index is 13.5.